The van der Waals surface area contributed by atoms with Gasteiger partial charge >= 0.3 is 0 Å². The summed E-state index contributed by atoms with van der Waals surface area (Å²) in [5, 5.41) is 2.98. The van der Waals surface area contributed by atoms with Gasteiger partial charge < -0.3 is 15.0 Å². The molecular formula is C17H22N2O3S. The molecule has 2 aliphatic heterocycles. The number of nitrogens with one attached hydrogen (secondary N) is 1. The molecule has 6 heteroatoms. The zero-order valence-electron chi connectivity index (χ0n) is 13.3. The number of thioether (sulfide) groups is 1. The van der Waals surface area contributed by atoms with Crippen LogP contribution in [0.5, 0.6) is 0 Å². The van der Waals surface area contributed by atoms with E-state index in [0.29, 0.717) is 26.2 Å². The van der Waals surface area contributed by atoms with E-state index < -0.39 is 0 Å². The van der Waals surface area contributed by atoms with Crippen molar-refractivity contribution >= 4 is 29.3 Å². The van der Waals surface area contributed by atoms with Gasteiger partial charge in [-0.05, 0) is 31.2 Å². The van der Waals surface area contributed by atoms with Crippen molar-refractivity contribution in [1.29, 1.82) is 0 Å². The molecule has 1 aromatic rings. The lowest BCUT2D eigenvalue weighted by Crippen LogP contribution is -2.41. The Morgan fingerprint density at radius 3 is 2.78 bits per heavy atom. The molecule has 2 saturated heterocycles. The highest BCUT2D eigenvalue weighted by Crippen LogP contribution is 2.28. The number of nitrogens with zero attached hydrogens (tertiary/aromatic N) is 1. The molecule has 0 bridgehead atoms. The van der Waals surface area contributed by atoms with Gasteiger partial charge in [0, 0.05) is 37.1 Å². The van der Waals surface area contributed by atoms with E-state index >= 15 is 0 Å². The number of hydrogen-bond donors (Lipinski definition) is 1. The van der Waals surface area contributed by atoms with Crippen LogP contribution in [0.15, 0.2) is 29.2 Å². The molecule has 0 spiro atoms. The maximum Gasteiger partial charge on any atom is 0.229 e. The van der Waals surface area contributed by atoms with Crippen molar-refractivity contribution in [3.8, 4) is 0 Å². The Labute approximate surface area is 140 Å². The van der Waals surface area contributed by atoms with Crippen molar-refractivity contribution in [1.82, 2.24) is 4.90 Å². The van der Waals surface area contributed by atoms with Gasteiger partial charge in [0.05, 0.1) is 11.6 Å². The first kappa shape index (κ1) is 16.3. The van der Waals surface area contributed by atoms with E-state index in [4.69, 9.17) is 4.74 Å². The number of amides is 2. The molecule has 23 heavy (non-hydrogen) atoms. The van der Waals surface area contributed by atoms with Crippen LogP contribution in [0.3, 0.4) is 0 Å². The maximum atomic E-state index is 12.5. The Kier molecular flexibility index (Phi) is 5.23. The first-order valence-electron chi connectivity index (χ1n) is 8.00. The number of rotatable bonds is 4. The summed E-state index contributed by atoms with van der Waals surface area (Å²) in [5.74, 6) is -0.232. The number of carbonyl (C=O) groups is 2. The molecule has 0 aliphatic carbocycles. The van der Waals surface area contributed by atoms with Gasteiger partial charge in [0.1, 0.15) is 0 Å². The molecule has 1 unspecified atom stereocenters. The minimum absolute atomic E-state index is 0.0607. The normalized spacial score (nSPS) is 22.4. The second kappa shape index (κ2) is 7.36. The summed E-state index contributed by atoms with van der Waals surface area (Å²) in [6.45, 7) is 1.93. The van der Waals surface area contributed by atoms with Gasteiger partial charge in [-0.15, -0.1) is 11.8 Å². The average molecular weight is 334 g/mol. The van der Waals surface area contributed by atoms with Gasteiger partial charge in [-0.2, -0.15) is 0 Å². The summed E-state index contributed by atoms with van der Waals surface area (Å²) in [5.41, 5.74) is 0.821. The Bertz CT molecular complexity index is 587. The topological polar surface area (TPSA) is 58.6 Å². The fourth-order valence-corrected chi connectivity index (χ4v) is 3.79. The zero-order valence-corrected chi connectivity index (χ0v) is 14.1. The van der Waals surface area contributed by atoms with Crippen molar-refractivity contribution in [3.63, 3.8) is 0 Å². The van der Waals surface area contributed by atoms with E-state index in [1.54, 1.807) is 11.8 Å². The molecule has 5 nitrogen and oxygen atoms in total. The number of hydrogen-bond acceptors (Lipinski definition) is 4. The third-order valence-corrected chi connectivity index (χ3v) is 5.32. The van der Waals surface area contributed by atoms with E-state index in [1.807, 2.05) is 35.4 Å². The van der Waals surface area contributed by atoms with E-state index in [0.717, 1.165) is 23.4 Å². The highest BCUT2D eigenvalue weighted by atomic mass is 32.2. The molecular weight excluding hydrogens is 312 g/mol. The van der Waals surface area contributed by atoms with Gasteiger partial charge in [-0.3, -0.25) is 9.59 Å². The van der Waals surface area contributed by atoms with E-state index in [9.17, 15) is 9.59 Å². The average Bonchev–Trinajstić information content (AvgIpc) is 2.98. The predicted molar refractivity (Wildman–Crippen MR) is 90.5 cm³/mol. The van der Waals surface area contributed by atoms with Crippen molar-refractivity contribution < 1.29 is 14.3 Å². The summed E-state index contributed by atoms with van der Waals surface area (Å²) in [6, 6.07) is 7.97. The summed E-state index contributed by atoms with van der Waals surface area (Å²) >= 11 is 1.60. The number of para-hydroxylation sites is 1. The Morgan fingerprint density at radius 1 is 1.30 bits per heavy atom. The number of anilines is 1. The van der Waals surface area contributed by atoms with Crippen LogP contribution in [-0.2, 0) is 14.3 Å². The van der Waals surface area contributed by atoms with Crippen LogP contribution in [0.4, 0.5) is 5.69 Å². The molecule has 2 amide bonds. The molecule has 0 radical (unpaired) electrons. The zero-order chi connectivity index (χ0) is 16.2. The summed E-state index contributed by atoms with van der Waals surface area (Å²) in [6.07, 6.45) is 4.03. The molecule has 0 saturated carbocycles. The number of ether oxygens (including phenoxy) is 1. The van der Waals surface area contributed by atoms with Crippen LogP contribution < -0.4 is 5.32 Å². The fourth-order valence-electron chi connectivity index (χ4n) is 3.24. The molecule has 2 heterocycles. The minimum atomic E-state index is -0.264. The van der Waals surface area contributed by atoms with Gasteiger partial charge in [-0.1, -0.05) is 12.1 Å². The Balaban J connectivity index is 1.63. The predicted octanol–water partition coefficient (Wildman–Crippen LogP) is 2.37. The molecule has 1 atom stereocenters. The van der Waals surface area contributed by atoms with E-state index in [1.165, 1.54) is 0 Å². The molecule has 1 aromatic carbocycles. The summed E-state index contributed by atoms with van der Waals surface area (Å²) < 4.78 is 5.35. The van der Waals surface area contributed by atoms with Crippen LogP contribution in [0, 0.1) is 5.92 Å². The lowest BCUT2D eigenvalue weighted by atomic mass is 10.1. The number of carbonyl (C=O) groups excluding carboxylic acids is 2. The molecule has 0 aromatic heterocycles. The largest absolute Gasteiger partial charge is 0.381 e. The van der Waals surface area contributed by atoms with Crippen LogP contribution in [0.1, 0.15) is 19.3 Å². The molecule has 3 rings (SSSR count). The van der Waals surface area contributed by atoms with Gasteiger partial charge in [-0.25, -0.2) is 0 Å². The number of benzene rings is 1. The van der Waals surface area contributed by atoms with Crippen LogP contribution >= 0.6 is 11.8 Å². The third kappa shape index (κ3) is 3.70. The van der Waals surface area contributed by atoms with Crippen molar-refractivity contribution in [2.75, 3.05) is 31.3 Å². The second-order valence-electron chi connectivity index (χ2n) is 5.98. The summed E-state index contributed by atoms with van der Waals surface area (Å²) in [4.78, 5) is 27.7. The lowest BCUT2D eigenvalue weighted by molar-refractivity contribution is -0.131. The molecule has 2 aliphatic rings. The SMILES string of the molecule is CSc1ccccc1NC(=O)C1CC(=O)N(C2CCOCC2)C1. The Hall–Kier alpha value is -1.53. The first-order valence-corrected chi connectivity index (χ1v) is 9.22. The third-order valence-electron chi connectivity index (χ3n) is 4.53. The van der Waals surface area contributed by atoms with E-state index in [-0.39, 0.29) is 23.8 Å². The smallest absolute Gasteiger partial charge is 0.229 e. The molecule has 124 valence electrons. The van der Waals surface area contributed by atoms with Gasteiger partial charge in [0.25, 0.3) is 0 Å². The summed E-state index contributed by atoms with van der Waals surface area (Å²) in [7, 11) is 0. The van der Waals surface area contributed by atoms with Crippen molar-refractivity contribution in [2.24, 2.45) is 5.92 Å². The monoisotopic (exact) mass is 334 g/mol. The van der Waals surface area contributed by atoms with Crippen molar-refractivity contribution in [3.05, 3.63) is 24.3 Å². The standard InChI is InChI=1S/C17H22N2O3S/c1-23-15-5-3-2-4-14(15)18-17(21)12-10-16(20)19(11-12)13-6-8-22-9-7-13/h2-5,12-13H,6-11H2,1H3,(H,18,21). The van der Waals surface area contributed by atoms with Gasteiger partial charge in [0.2, 0.25) is 11.8 Å². The highest BCUT2D eigenvalue weighted by molar-refractivity contribution is 7.98. The Morgan fingerprint density at radius 2 is 2.04 bits per heavy atom. The minimum Gasteiger partial charge on any atom is -0.381 e. The van der Waals surface area contributed by atoms with Crippen LogP contribution in [0.25, 0.3) is 0 Å². The maximum absolute atomic E-state index is 12.5. The van der Waals surface area contributed by atoms with E-state index in [2.05, 4.69) is 5.32 Å². The lowest BCUT2D eigenvalue weighted by Gasteiger charge is -2.31. The fraction of sp³-hybridized carbons (Fsp3) is 0.529. The molecule has 1 N–H and O–H groups in total. The quantitative estimate of drug-likeness (QED) is 0.859. The van der Waals surface area contributed by atoms with Crippen molar-refractivity contribution in [2.45, 2.75) is 30.2 Å². The number of likely N-dealkylation sites (tertiary alicyclic amines) is 1. The van der Waals surface area contributed by atoms with Gasteiger partial charge in [0.15, 0.2) is 0 Å². The molecule has 2 fully saturated rings. The first-order chi connectivity index (χ1) is 11.2. The van der Waals surface area contributed by atoms with Crippen LogP contribution in [-0.4, -0.2) is 48.8 Å². The second-order valence-corrected chi connectivity index (χ2v) is 6.83. The van der Waals surface area contributed by atoms with Crippen LogP contribution in [0.2, 0.25) is 0 Å². The highest BCUT2D eigenvalue weighted by Gasteiger charge is 2.38.